The molecule has 238 valence electrons. The molecule has 2 aromatic carbocycles. The number of rotatable bonds is 8. The molecule has 0 saturated heterocycles. The molecule has 1 unspecified atom stereocenters. The zero-order valence-corrected chi connectivity index (χ0v) is 26.1. The number of likely N-dealkylation sites (N-methyl/N-ethyl adjacent to an activating group) is 1. The normalized spacial score (nSPS) is 14.6. The highest BCUT2D eigenvalue weighted by molar-refractivity contribution is 6.37. The average Bonchev–Trinajstić information content (AvgIpc) is 3.02. The Morgan fingerprint density at radius 3 is 2.67 bits per heavy atom. The van der Waals surface area contributed by atoms with Crippen LogP contribution < -0.4 is 5.32 Å². The van der Waals surface area contributed by atoms with Crippen molar-refractivity contribution in [3.8, 4) is 11.1 Å². The van der Waals surface area contributed by atoms with Crippen molar-refractivity contribution >= 4 is 46.7 Å². The molecule has 2 heterocycles. The van der Waals surface area contributed by atoms with Crippen molar-refractivity contribution in [2.24, 2.45) is 4.99 Å². The molecule has 0 fully saturated rings. The standard InChI is InChI=1S/C33H35ClF2N4O5/c1-4-44-32(42)28-9-6-5-8-23(29-18-21(14-15-37-29)24-19-22(35)10-12-27(24)38-28)31(41)40(3)16-7-17-45-33(43)39-26-13-11-25(34)30(36)20(26)2/h10-15,18-19,23H,4-9,16-17H2,1-3H3,(H,39,43). The molecule has 2 amide bonds. The molecule has 4 rings (SSSR count). The third-order valence-corrected chi connectivity index (χ3v) is 7.74. The SMILES string of the molecule is CCOC(=O)C1=Nc2ccc(F)cc2-c2ccnc(c2)C(C(=O)N(C)CCCOC(=O)Nc2ccc(Cl)c(F)c2C)CCCC1. The summed E-state index contributed by atoms with van der Waals surface area (Å²) < 4.78 is 38.8. The van der Waals surface area contributed by atoms with Gasteiger partial charge in [-0.05, 0) is 87.6 Å². The van der Waals surface area contributed by atoms with Crippen LogP contribution in [0.1, 0.15) is 56.2 Å². The van der Waals surface area contributed by atoms with Crippen LogP contribution in [0.5, 0.6) is 0 Å². The Morgan fingerprint density at radius 1 is 1.09 bits per heavy atom. The molecule has 45 heavy (non-hydrogen) atoms. The number of hydrogen-bond donors (Lipinski definition) is 1. The number of pyridine rings is 1. The van der Waals surface area contributed by atoms with Gasteiger partial charge in [0.05, 0.1) is 35.5 Å². The van der Waals surface area contributed by atoms with Crippen molar-refractivity contribution in [1.82, 2.24) is 9.88 Å². The fourth-order valence-corrected chi connectivity index (χ4v) is 5.23. The Morgan fingerprint density at radius 2 is 1.89 bits per heavy atom. The van der Waals surface area contributed by atoms with Crippen LogP contribution in [0, 0.1) is 18.6 Å². The van der Waals surface area contributed by atoms with E-state index < -0.39 is 29.6 Å². The number of ether oxygens (including phenoxy) is 2. The second-order valence-electron chi connectivity index (χ2n) is 10.6. The van der Waals surface area contributed by atoms with Gasteiger partial charge in [0.2, 0.25) is 5.91 Å². The van der Waals surface area contributed by atoms with E-state index >= 15 is 0 Å². The minimum Gasteiger partial charge on any atom is -0.462 e. The summed E-state index contributed by atoms with van der Waals surface area (Å²) >= 11 is 5.76. The van der Waals surface area contributed by atoms with E-state index in [1.165, 1.54) is 37.3 Å². The molecule has 1 aromatic heterocycles. The number of nitrogens with one attached hydrogen (secondary N) is 1. The molecule has 3 aromatic rings. The summed E-state index contributed by atoms with van der Waals surface area (Å²) in [5.41, 5.74) is 2.70. The molecule has 0 radical (unpaired) electrons. The van der Waals surface area contributed by atoms with Crippen molar-refractivity contribution in [2.75, 3.05) is 32.1 Å². The van der Waals surface area contributed by atoms with Crippen LogP contribution in [0.15, 0.2) is 53.7 Å². The van der Waals surface area contributed by atoms with Crippen LogP contribution in [0.3, 0.4) is 0 Å². The van der Waals surface area contributed by atoms with Crippen molar-refractivity contribution in [3.05, 3.63) is 76.6 Å². The van der Waals surface area contributed by atoms with E-state index in [1.807, 2.05) is 0 Å². The maximum atomic E-state index is 14.4. The highest BCUT2D eigenvalue weighted by Gasteiger charge is 2.26. The van der Waals surface area contributed by atoms with Crippen LogP contribution in [0.25, 0.3) is 11.1 Å². The van der Waals surface area contributed by atoms with Crippen LogP contribution in [0.4, 0.5) is 25.0 Å². The lowest BCUT2D eigenvalue weighted by molar-refractivity contribution is -0.135. The van der Waals surface area contributed by atoms with E-state index in [1.54, 1.807) is 37.2 Å². The zero-order valence-electron chi connectivity index (χ0n) is 25.4. The second kappa shape index (κ2) is 15.6. The first-order valence-electron chi connectivity index (χ1n) is 14.7. The van der Waals surface area contributed by atoms with Gasteiger partial charge in [0, 0.05) is 36.6 Å². The summed E-state index contributed by atoms with van der Waals surface area (Å²) in [5, 5.41) is 2.45. The quantitative estimate of drug-likeness (QED) is 0.203. The number of benzene rings is 2. The Kier molecular flexibility index (Phi) is 11.6. The number of aliphatic imine (C=N–C) groups is 1. The lowest BCUT2D eigenvalue weighted by atomic mass is 9.92. The summed E-state index contributed by atoms with van der Waals surface area (Å²) in [6.07, 6.45) is 3.14. The van der Waals surface area contributed by atoms with Gasteiger partial charge < -0.3 is 14.4 Å². The molecule has 1 aliphatic rings. The number of anilines is 1. The van der Waals surface area contributed by atoms with Gasteiger partial charge in [-0.25, -0.2) is 23.4 Å². The highest BCUT2D eigenvalue weighted by atomic mass is 35.5. The minimum atomic E-state index is -0.753. The predicted molar refractivity (Wildman–Crippen MR) is 168 cm³/mol. The Hall–Kier alpha value is -4.38. The monoisotopic (exact) mass is 640 g/mol. The lowest BCUT2D eigenvalue weighted by Gasteiger charge is -2.24. The summed E-state index contributed by atoms with van der Waals surface area (Å²) in [6.45, 7) is 3.73. The third kappa shape index (κ3) is 8.63. The Labute approximate surface area is 265 Å². The van der Waals surface area contributed by atoms with Crippen LogP contribution in [-0.4, -0.2) is 60.4 Å². The predicted octanol–water partition coefficient (Wildman–Crippen LogP) is 7.38. The zero-order chi connectivity index (χ0) is 32.5. The fraction of sp³-hybridized carbons (Fsp3) is 0.364. The number of aromatic nitrogens is 1. The van der Waals surface area contributed by atoms with Gasteiger partial charge in [-0.3, -0.25) is 15.1 Å². The van der Waals surface area contributed by atoms with Crippen molar-refractivity contribution in [1.29, 1.82) is 0 Å². The van der Waals surface area contributed by atoms with Gasteiger partial charge in [0.1, 0.15) is 17.3 Å². The summed E-state index contributed by atoms with van der Waals surface area (Å²) in [7, 11) is 1.67. The van der Waals surface area contributed by atoms with Crippen molar-refractivity contribution in [3.63, 3.8) is 0 Å². The Bertz CT molecular complexity index is 1600. The number of halogens is 3. The van der Waals surface area contributed by atoms with E-state index in [0.29, 0.717) is 61.2 Å². The summed E-state index contributed by atoms with van der Waals surface area (Å²) in [6, 6.07) is 10.4. The molecule has 0 saturated carbocycles. The number of carbonyl (C=O) groups excluding carboxylic acids is 3. The summed E-state index contributed by atoms with van der Waals surface area (Å²) in [4.78, 5) is 49.3. The Balaban J connectivity index is 1.45. The number of nitrogens with zero attached hydrogens (tertiary/aromatic N) is 3. The number of esters is 1. The number of amides is 2. The van der Waals surface area contributed by atoms with E-state index in [4.69, 9.17) is 21.1 Å². The molecule has 9 nitrogen and oxygen atoms in total. The minimum absolute atomic E-state index is 0.0231. The average molecular weight is 641 g/mol. The van der Waals surface area contributed by atoms with Gasteiger partial charge in [0.15, 0.2) is 0 Å². The molecule has 0 aliphatic carbocycles. The molecule has 12 heteroatoms. The first-order valence-corrected chi connectivity index (χ1v) is 15.1. The molecule has 2 bridgehead atoms. The summed E-state index contributed by atoms with van der Waals surface area (Å²) in [5.74, 6) is -2.39. The third-order valence-electron chi connectivity index (χ3n) is 7.45. The van der Waals surface area contributed by atoms with Crippen LogP contribution in [-0.2, 0) is 19.1 Å². The maximum Gasteiger partial charge on any atom is 0.411 e. The van der Waals surface area contributed by atoms with E-state index in [9.17, 15) is 23.2 Å². The van der Waals surface area contributed by atoms with Crippen LogP contribution in [0.2, 0.25) is 5.02 Å². The smallest absolute Gasteiger partial charge is 0.411 e. The van der Waals surface area contributed by atoms with E-state index in [0.717, 1.165) is 0 Å². The topological polar surface area (TPSA) is 110 Å². The largest absolute Gasteiger partial charge is 0.462 e. The molecular weight excluding hydrogens is 606 g/mol. The molecule has 1 atom stereocenters. The van der Waals surface area contributed by atoms with Gasteiger partial charge in [-0.2, -0.15) is 0 Å². The van der Waals surface area contributed by atoms with Gasteiger partial charge in [0.25, 0.3) is 0 Å². The van der Waals surface area contributed by atoms with Crippen LogP contribution >= 0.6 is 11.6 Å². The van der Waals surface area contributed by atoms with Gasteiger partial charge >= 0.3 is 12.1 Å². The second-order valence-corrected chi connectivity index (χ2v) is 11.0. The van der Waals surface area contributed by atoms with E-state index in [-0.39, 0.29) is 41.1 Å². The van der Waals surface area contributed by atoms with Crippen molar-refractivity contribution < 1.29 is 32.6 Å². The number of carbonyl (C=O) groups is 3. The number of fused-ring (bicyclic) bond motifs is 4. The van der Waals surface area contributed by atoms with Gasteiger partial charge in [-0.15, -0.1) is 0 Å². The molecule has 0 spiro atoms. The van der Waals surface area contributed by atoms with Gasteiger partial charge in [-0.1, -0.05) is 18.0 Å². The highest BCUT2D eigenvalue weighted by Crippen LogP contribution is 2.35. The lowest BCUT2D eigenvalue weighted by Crippen LogP contribution is -2.33. The first-order chi connectivity index (χ1) is 21.6. The maximum absolute atomic E-state index is 14.4. The van der Waals surface area contributed by atoms with E-state index in [2.05, 4.69) is 15.3 Å². The number of hydrogen-bond acceptors (Lipinski definition) is 7. The fourth-order valence-electron chi connectivity index (χ4n) is 5.02. The molecule has 1 aliphatic heterocycles. The molecule has 1 N–H and O–H groups in total. The first kappa shape index (κ1) is 33.5. The molecular formula is C33H35ClF2N4O5. The van der Waals surface area contributed by atoms with Crippen molar-refractivity contribution in [2.45, 2.75) is 51.9 Å².